The summed E-state index contributed by atoms with van der Waals surface area (Å²) in [5.41, 5.74) is 5.81. The molecule has 0 bridgehead atoms. The number of benzene rings is 1. The highest BCUT2D eigenvalue weighted by atomic mass is 79.9. The highest BCUT2D eigenvalue weighted by molar-refractivity contribution is 9.10. The summed E-state index contributed by atoms with van der Waals surface area (Å²) < 4.78 is 19.9. The van der Waals surface area contributed by atoms with Crippen molar-refractivity contribution < 1.29 is 14.3 Å². The van der Waals surface area contributed by atoms with Gasteiger partial charge in [0.25, 0.3) is 0 Å². The third-order valence-electron chi connectivity index (χ3n) is 3.02. The van der Waals surface area contributed by atoms with Crippen LogP contribution in [0.1, 0.15) is 18.9 Å². The van der Waals surface area contributed by atoms with E-state index < -0.39 is 5.82 Å². The summed E-state index contributed by atoms with van der Waals surface area (Å²) in [5.74, 6) is -0.520. The molecule has 0 aliphatic carbocycles. The highest BCUT2D eigenvalue weighted by Gasteiger charge is 2.27. The van der Waals surface area contributed by atoms with E-state index in [4.69, 9.17) is 15.7 Å². The van der Waals surface area contributed by atoms with Crippen LogP contribution in [-0.2, 0) is 4.74 Å². The second kappa shape index (κ2) is 6.11. The molecule has 1 aliphatic rings. The van der Waals surface area contributed by atoms with E-state index in [0.717, 1.165) is 6.42 Å². The number of amidine groups is 1. The van der Waals surface area contributed by atoms with Gasteiger partial charge in [0.15, 0.2) is 11.7 Å². The van der Waals surface area contributed by atoms with Gasteiger partial charge in [0.05, 0.1) is 10.6 Å². The average Bonchev–Trinajstić information content (AvgIpc) is 2.80. The minimum atomic E-state index is -0.395. The molecule has 0 spiro atoms. The highest BCUT2D eigenvalue weighted by Crippen LogP contribution is 2.36. The zero-order valence-electron chi connectivity index (χ0n) is 10.3. The van der Waals surface area contributed by atoms with Gasteiger partial charge in [-0.25, -0.2) is 4.39 Å². The van der Waals surface area contributed by atoms with Crippen molar-refractivity contribution in [3.63, 3.8) is 0 Å². The standard InChI is InChI=1S/C12H14BrFN2O2S/c1-6-8(4-5-18-6)19-9-3-2-7(12(15)16-17)10(13)11(9)14/h2-3,6,8,17H,4-5H2,1H3,(H2,15,16). The molecular weight excluding hydrogens is 335 g/mol. The van der Waals surface area contributed by atoms with Crippen molar-refractivity contribution in [2.24, 2.45) is 10.9 Å². The number of halogens is 2. The lowest BCUT2D eigenvalue weighted by molar-refractivity contribution is 0.127. The predicted octanol–water partition coefficient (Wildman–Crippen LogP) is 2.95. The minimum absolute atomic E-state index is 0.118. The number of nitrogens with two attached hydrogens (primary N) is 1. The van der Waals surface area contributed by atoms with Gasteiger partial charge in [-0.05, 0) is 41.4 Å². The molecule has 4 nitrogen and oxygen atoms in total. The maximum Gasteiger partial charge on any atom is 0.171 e. The maximum atomic E-state index is 14.2. The van der Waals surface area contributed by atoms with Crippen LogP contribution in [0.5, 0.6) is 0 Å². The van der Waals surface area contributed by atoms with Gasteiger partial charge in [-0.1, -0.05) is 5.16 Å². The third kappa shape index (κ3) is 3.04. The van der Waals surface area contributed by atoms with Crippen LogP contribution < -0.4 is 5.73 Å². The van der Waals surface area contributed by atoms with Gasteiger partial charge < -0.3 is 15.7 Å². The quantitative estimate of drug-likeness (QED) is 0.381. The van der Waals surface area contributed by atoms with E-state index >= 15 is 0 Å². The van der Waals surface area contributed by atoms with Gasteiger partial charge in [-0.3, -0.25) is 0 Å². The number of nitrogens with zero attached hydrogens (tertiary/aromatic N) is 1. The lowest BCUT2D eigenvalue weighted by atomic mass is 10.2. The Kier molecular flexibility index (Phi) is 4.70. The Labute approximate surface area is 123 Å². The lowest BCUT2D eigenvalue weighted by Gasteiger charge is -2.15. The van der Waals surface area contributed by atoms with E-state index in [0.29, 0.717) is 17.1 Å². The fourth-order valence-electron chi connectivity index (χ4n) is 1.90. The topological polar surface area (TPSA) is 67.8 Å². The normalized spacial score (nSPS) is 23.8. The average molecular weight is 349 g/mol. The van der Waals surface area contributed by atoms with Crippen LogP contribution in [0.2, 0.25) is 0 Å². The van der Waals surface area contributed by atoms with Gasteiger partial charge in [0.1, 0.15) is 0 Å². The van der Waals surface area contributed by atoms with Gasteiger partial charge in [0, 0.05) is 22.3 Å². The SMILES string of the molecule is CC1OCCC1Sc1ccc(/C(N)=N/O)c(Br)c1F. The zero-order chi connectivity index (χ0) is 14.0. The Morgan fingerprint density at radius 1 is 1.63 bits per heavy atom. The first kappa shape index (κ1) is 14.6. The number of hydrogen-bond acceptors (Lipinski definition) is 4. The Morgan fingerprint density at radius 3 is 2.95 bits per heavy atom. The van der Waals surface area contributed by atoms with Crippen LogP contribution in [0.25, 0.3) is 0 Å². The van der Waals surface area contributed by atoms with Crippen LogP contribution in [0.3, 0.4) is 0 Å². The van der Waals surface area contributed by atoms with Crippen molar-refractivity contribution >= 4 is 33.5 Å². The zero-order valence-corrected chi connectivity index (χ0v) is 12.7. The number of rotatable bonds is 3. The molecule has 0 amide bonds. The molecule has 1 aromatic rings. The predicted molar refractivity (Wildman–Crippen MR) is 76.3 cm³/mol. The summed E-state index contributed by atoms with van der Waals surface area (Å²) in [6, 6.07) is 3.27. The maximum absolute atomic E-state index is 14.2. The van der Waals surface area contributed by atoms with Gasteiger partial charge in [-0.15, -0.1) is 11.8 Å². The first-order valence-electron chi connectivity index (χ1n) is 5.78. The molecule has 2 rings (SSSR count). The monoisotopic (exact) mass is 348 g/mol. The summed E-state index contributed by atoms with van der Waals surface area (Å²) in [7, 11) is 0. The molecule has 104 valence electrons. The molecular formula is C12H14BrFN2O2S. The second-order valence-electron chi connectivity index (χ2n) is 4.25. The molecule has 2 unspecified atom stereocenters. The smallest absolute Gasteiger partial charge is 0.171 e. The Balaban J connectivity index is 2.26. The lowest BCUT2D eigenvalue weighted by Crippen LogP contribution is -2.15. The van der Waals surface area contributed by atoms with E-state index in [1.54, 1.807) is 12.1 Å². The van der Waals surface area contributed by atoms with E-state index in [9.17, 15) is 4.39 Å². The number of ether oxygens (including phenoxy) is 1. The number of oxime groups is 1. The summed E-state index contributed by atoms with van der Waals surface area (Å²) in [6.07, 6.45) is 1.03. The van der Waals surface area contributed by atoms with Crippen molar-refractivity contribution in [3.8, 4) is 0 Å². The van der Waals surface area contributed by atoms with Crippen molar-refractivity contribution in [2.75, 3.05) is 6.61 Å². The molecule has 1 saturated heterocycles. The molecule has 1 aromatic carbocycles. The number of hydrogen-bond donors (Lipinski definition) is 2. The minimum Gasteiger partial charge on any atom is -0.409 e. The molecule has 19 heavy (non-hydrogen) atoms. The molecule has 0 aromatic heterocycles. The molecule has 0 saturated carbocycles. The molecule has 3 N–H and O–H groups in total. The molecule has 1 heterocycles. The first-order valence-corrected chi connectivity index (χ1v) is 7.46. The van der Waals surface area contributed by atoms with Crippen LogP contribution >= 0.6 is 27.7 Å². The van der Waals surface area contributed by atoms with Crippen molar-refractivity contribution in [1.29, 1.82) is 0 Å². The van der Waals surface area contributed by atoms with Gasteiger partial charge >= 0.3 is 0 Å². The number of thioether (sulfide) groups is 1. The van der Waals surface area contributed by atoms with Gasteiger partial charge in [0.2, 0.25) is 0 Å². The van der Waals surface area contributed by atoms with Crippen LogP contribution in [0.4, 0.5) is 4.39 Å². The Hall–Kier alpha value is -0.790. The second-order valence-corrected chi connectivity index (χ2v) is 6.32. The van der Waals surface area contributed by atoms with E-state index in [-0.39, 0.29) is 21.7 Å². The van der Waals surface area contributed by atoms with Crippen LogP contribution in [-0.4, -0.2) is 29.0 Å². The van der Waals surface area contributed by atoms with E-state index in [1.165, 1.54) is 11.8 Å². The van der Waals surface area contributed by atoms with Crippen molar-refractivity contribution in [1.82, 2.24) is 0 Å². The summed E-state index contributed by atoms with van der Waals surface area (Å²) >= 11 is 4.60. The summed E-state index contributed by atoms with van der Waals surface area (Å²) in [6.45, 7) is 2.70. The van der Waals surface area contributed by atoms with E-state index in [2.05, 4.69) is 21.1 Å². The van der Waals surface area contributed by atoms with Crippen LogP contribution in [0.15, 0.2) is 26.7 Å². The molecule has 7 heteroatoms. The van der Waals surface area contributed by atoms with Crippen LogP contribution in [0, 0.1) is 5.82 Å². The molecule has 0 radical (unpaired) electrons. The summed E-state index contributed by atoms with van der Waals surface area (Å²) in [4.78, 5) is 0.531. The van der Waals surface area contributed by atoms with Gasteiger partial charge in [-0.2, -0.15) is 0 Å². The van der Waals surface area contributed by atoms with Crippen molar-refractivity contribution in [3.05, 3.63) is 28.0 Å². The fraction of sp³-hybridized carbons (Fsp3) is 0.417. The largest absolute Gasteiger partial charge is 0.409 e. The molecule has 1 aliphatic heterocycles. The molecule has 1 fully saturated rings. The molecule has 2 atom stereocenters. The van der Waals surface area contributed by atoms with Crippen molar-refractivity contribution in [2.45, 2.75) is 29.6 Å². The van der Waals surface area contributed by atoms with E-state index in [1.807, 2.05) is 6.92 Å². The Bertz CT molecular complexity index is 513. The summed E-state index contributed by atoms with van der Waals surface area (Å²) in [5, 5.41) is 11.8. The fourth-order valence-corrected chi connectivity index (χ4v) is 3.75. The first-order chi connectivity index (χ1) is 9.04. The third-order valence-corrected chi connectivity index (χ3v) is 5.28. The Morgan fingerprint density at radius 2 is 2.37 bits per heavy atom.